The number of fused-ring (bicyclic) bond motifs is 2. The van der Waals surface area contributed by atoms with Crippen LogP contribution in [0.15, 0.2) is 60.7 Å². The van der Waals surface area contributed by atoms with Gasteiger partial charge in [-0.15, -0.1) is 0 Å². The van der Waals surface area contributed by atoms with Crippen molar-refractivity contribution in [1.29, 1.82) is 0 Å². The summed E-state index contributed by atoms with van der Waals surface area (Å²) >= 11 is 0. The molecule has 1 atom stereocenters. The van der Waals surface area contributed by atoms with E-state index in [1.165, 1.54) is 0 Å². The summed E-state index contributed by atoms with van der Waals surface area (Å²) < 4.78 is 12.3. The number of hydrogen-bond donors (Lipinski definition) is 0. The Morgan fingerprint density at radius 3 is 2.57 bits per heavy atom. The van der Waals surface area contributed by atoms with Crippen molar-refractivity contribution in [3.63, 3.8) is 0 Å². The van der Waals surface area contributed by atoms with Gasteiger partial charge in [0, 0.05) is 11.9 Å². The number of pyridine rings is 1. The second-order valence-corrected chi connectivity index (χ2v) is 6.89. The third-order valence-corrected chi connectivity index (χ3v) is 5.14. The molecular weight excluding hydrogens is 348 g/mol. The molecule has 1 aliphatic rings. The predicted octanol–water partition coefficient (Wildman–Crippen LogP) is 5.12. The normalized spacial score (nSPS) is 17.2. The van der Waals surface area contributed by atoms with Gasteiger partial charge in [-0.3, -0.25) is 0 Å². The number of ether oxygens (including phenoxy) is 2. The van der Waals surface area contributed by atoms with Gasteiger partial charge in [-0.2, -0.15) is 0 Å². The molecule has 0 bridgehead atoms. The lowest BCUT2D eigenvalue weighted by atomic mass is 10.1. The third-order valence-electron chi connectivity index (χ3n) is 5.14. The molecule has 4 rings (SSSR count). The van der Waals surface area contributed by atoms with Crippen molar-refractivity contribution in [2.45, 2.75) is 20.1 Å². The molecule has 2 heterocycles. The first-order chi connectivity index (χ1) is 13.8. The first kappa shape index (κ1) is 18.7. The molecule has 4 heteroatoms. The summed E-state index contributed by atoms with van der Waals surface area (Å²) in [6.45, 7) is 7.89. The minimum atomic E-state index is -0.419. The molecule has 144 valence electrons. The monoisotopic (exact) mass is 374 g/mol. The number of para-hydroxylation sites is 1. The van der Waals surface area contributed by atoms with Gasteiger partial charge >= 0.3 is 0 Å². The van der Waals surface area contributed by atoms with E-state index in [0.717, 1.165) is 53.1 Å². The van der Waals surface area contributed by atoms with E-state index in [1.54, 1.807) is 0 Å². The van der Waals surface area contributed by atoms with Gasteiger partial charge in [-0.25, -0.2) is 4.98 Å². The number of nitrogens with zero attached hydrogens (tertiary/aromatic N) is 2. The Morgan fingerprint density at radius 2 is 1.79 bits per heavy atom. The average molecular weight is 374 g/mol. The van der Waals surface area contributed by atoms with Crippen molar-refractivity contribution in [3.8, 4) is 0 Å². The van der Waals surface area contributed by atoms with Crippen molar-refractivity contribution >= 4 is 22.7 Å². The molecular formula is C24H26N2O2. The highest BCUT2D eigenvalue weighted by Gasteiger charge is 2.31. The molecule has 0 saturated carbocycles. The lowest BCUT2D eigenvalue weighted by Crippen LogP contribution is -2.27. The smallest absolute Gasteiger partial charge is 0.229 e. The Bertz CT molecular complexity index is 965. The molecule has 0 N–H and O–H groups in total. The van der Waals surface area contributed by atoms with Gasteiger partial charge in [0.1, 0.15) is 11.5 Å². The van der Waals surface area contributed by atoms with Crippen LogP contribution in [0.3, 0.4) is 0 Å². The zero-order valence-electron chi connectivity index (χ0n) is 16.5. The van der Waals surface area contributed by atoms with E-state index in [1.807, 2.05) is 42.5 Å². The van der Waals surface area contributed by atoms with Gasteiger partial charge in [0.15, 0.2) is 0 Å². The zero-order valence-corrected chi connectivity index (χ0v) is 16.5. The van der Waals surface area contributed by atoms with Crippen molar-refractivity contribution in [3.05, 3.63) is 77.5 Å². The van der Waals surface area contributed by atoms with Crippen molar-refractivity contribution in [2.75, 3.05) is 26.2 Å². The highest BCUT2D eigenvalue weighted by Crippen LogP contribution is 2.40. The molecule has 0 aliphatic carbocycles. The average Bonchev–Trinajstić information content (AvgIpc) is 3.06. The fourth-order valence-corrected chi connectivity index (χ4v) is 3.50. The van der Waals surface area contributed by atoms with E-state index in [2.05, 4.69) is 43.0 Å². The molecule has 1 unspecified atom stereocenters. The summed E-state index contributed by atoms with van der Waals surface area (Å²) in [5, 5.41) is 1.10. The van der Waals surface area contributed by atoms with E-state index in [4.69, 9.17) is 14.5 Å². The first-order valence-electron chi connectivity index (χ1n) is 9.96. The van der Waals surface area contributed by atoms with Crippen LogP contribution in [-0.2, 0) is 9.47 Å². The maximum atomic E-state index is 6.21. The molecule has 1 aromatic heterocycles. The lowest BCUT2D eigenvalue weighted by molar-refractivity contribution is -0.0948. The largest absolute Gasteiger partial charge is 0.458 e. The molecule has 0 saturated heterocycles. The van der Waals surface area contributed by atoms with Crippen LogP contribution >= 0.6 is 0 Å². The highest BCUT2D eigenvalue weighted by atomic mass is 16.7. The van der Waals surface area contributed by atoms with Crippen molar-refractivity contribution in [2.24, 2.45) is 0 Å². The molecule has 0 amide bonds. The maximum absolute atomic E-state index is 6.21. The second kappa shape index (κ2) is 8.55. The topological polar surface area (TPSA) is 34.6 Å². The quantitative estimate of drug-likeness (QED) is 0.575. The van der Waals surface area contributed by atoms with Crippen LogP contribution in [0, 0.1) is 0 Å². The number of benzene rings is 2. The number of hydrogen-bond acceptors (Lipinski definition) is 4. The first-order valence-corrected chi connectivity index (χ1v) is 9.96. The number of rotatable bonds is 7. The minimum absolute atomic E-state index is 0.419. The molecule has 0 spiro atoms. The summed E-state index contributed by atoms with van der Waals surface area (Å²) in [6.07, 6.45) is 1.62. The van der Waals surface area contributed by atoms with E-state index >= 15 is 0 Å². The third kappa shape index (κ3) is 3.93. The molecule has 0 radical (unpaired) electrons. The summed E-state index contributed by atoms with van der Waals surface area (Å²) in [7, 11) is 0. The molecule has 2 aromatic carbocycles. The van der Waals surface area contributed by atoms with E-state index in [9.17, 15) is 0 Å². The van der Waals surface area contributed by atoms with Crippen LogP contribution < -0.4 is 0 Å². The molecule has 3 aromatic rings. The minimum Gasteiger partial charge on any atom is -0.458 e. The summed E-state index contributed by atoms with van der Waals surface area (Å²) in [5.74, 6) is 0.764. The number of aromatic nitrogens is 1. The Labute approximate surface area is 166 Å². The summed E-state index contributed by atoms with van der Waals surface area (Å²) in [5.41, 5.74) is 3.92. The van der Waals surface area contributed by atoms with Gasteiger partial charge in [-0.05, 0) is 36.9 Å². The number of likely N-dealkylation sites (N-methyl/N-ethyl adjacent to an activating group) is 1. The van der Waals surface area contributed by atoms with Crippen LogP contribution in [0.25, 0.3) is 22.7 Å². The predicted molar refractivity (Wildman–Crippen MR) is 114 cm³/mol. The summed E-state index contributed by atoms with van der Waals surface area (Å²) in [4.78, 5) is 7.22. The Morgan fingerprint density at radius 1 is 1.04 bits per heavy atom. The second-order valence-electron chi connectivity index (χ2n) is 6.89. The molecule has 0 fully saturated rings. The van der Waals surface area contributed by atoms with Gasteiger partial charge in [-0.1, -0.05) is 62.4 Å². The van der Waals surface area contributed by atoms with Crippen molar-refractivity contribution < 1.29 is 9.47 Å². The molecule has 1 aliphatic heterocycles. The van der Waals surface area contributed by atoms with E-state index in [-0.39, 0.29) is 0 Å². The lowest BCUT2D eigenvalue weighted by Gasteiger charge is -2.19. The van der Waals surface area contributed by atoms with Gasteiger partial charge < -0.3 is 14.4 Å². The standard InChI is InChI=1S/C24H26N2O2/c1-3-26(4-2)14-15-27-24-20-17-19-12-8-9-13-21(19)25-23(20)22(28-24)16-18-10-6-5-7-11-18/h5-13,16-17,24H,3-4,14-15H2,1-2H3/b22-16+. The Hall–Kier alpha value is -2.69. The Balaban J connectivity index is 1.65. The van der Waals surface area contributed by atoms with Gasteiger partial charge in [0.05, 0.1) is 17.7 Å². The fourth-order valence-electron chi connectivity index (χ4n) is 3.50. The summed E-state index contributed by atoms with van der Waals surface area (Å²) in [6, 6.07) is 20.5. The van der Waals surface area contributed by atoms with Gasteiger partial charge in [0.2, 0.25) is 6.29 Å². The highest BCUT2D eigenvalue weighted by molar-refractivity contribution is 5.86. The van der Waals surface area contributed by atoms with Gasteiger partial charge in [0.25, 0.3) is 0 Å². The fraction of sp³-hybridized carbons (Fsp3) is 0.292. The molecule has 28 heavy (non-hydrogen) atoms. The van der Waals surface area contributed by atoms with Crippen molar-refractivity contribution in [1.82, 2.24) is 9.88 Å². The van der Waals surface area contributed by atoms with E-state index in [0.29, 0.717) is 6.61 Å². The van der Waals surface area contributed by atoms with Crippen LogP contribution in [0.4, 0.5) is 0 Å². The van der Waals surface area contributed by atoms with Crippen LogP contribution in [0.5, 0.6) is 0 Å². The molecule has 4 nitrogen and oxygen atoms in total. The van der Waals surface area contributed by atoms with Crippen LogP contribution in [0.1, 0.15) is 37.0 Å². The zero-order chi connectivity index (χ0) is 19.3. The maximum Gasteiger partial charge on any atom is 0.229 e. The van der Waals surface area contributed by atoms with E-state index < -0.39 is 6.29 Å². The van der Waals surface area contributed by atoms with Crippen LogP contribution in [0.2, 0.25) is 0 Å². The Kier molecular flexibility index (Phi) is 5.70. The van der Waals surface area contributed by atoms with Crippen LogP contribution in [-0.4, -0.2) is 36.1 Å². The SMILES string of the molecule is CCN(CC)CCOC1O/C(=C/c2ccccc2)c2nc3ccccc3cc21.